The van der Waals surface area contributed by atoms with Crippen LogP contribution in [0, 0.1) is 0 Å². The molecule has 1 aliphatic heterocycles. The van der Waals surface area contributed by atoms with E-state index in [1.807, 2.05) is 6.07 Å². The minimum Gasteiger partial charge on any atom is -0.295 e. The number of amides is 1. The number of benzene rings is 1. The molecule has 0 atom stereocenters. The highest BCUT2D eigenvalue weighted by molar-refractivity contribution is 6.21. The van der Waals surface area contributed by atoms with Crippen molar-refractivity contribution in [2.75, 3.05) is 4.90 Å². The minimum atomic E-state index is -0.824. The van der Waals surface area contributed by atoms with Gasteiger partial charge in [-0.05, 0) is 32.1 Å². The molecule has 3 nitrogen and oxygen atoms in total. The summed E-state index contributed by atoms with van der Waals surface area (Å²) in [6.07, 6.45) is 1.23. The second-order valence-electron chi connectivity index (χ2n) is 4.28. The first kappa shape index (κ1) is 10.6. The Kier molecular flexibility index (Phi) is 2.19. The molecule has 1 amide bonds. The van der Waals surface area contributed by atoms with E-state index in [-0.39, 0.29) is 11.7 Å². The standard InChI is InChI=1S/C13H13NO2/c1-4-11(15)14-10-8-6-5-7-9(10)12(16)13(14,2)3/h4-8H,1H2,2-3H3. The third kappa shape index (κ3) is 1.21. The number of rotatable bonds is 1. The van der Waals surface area contributed by atoms with Gasteiger partial charge in [-0.3, -0.25) is 14.5 Å². The topological polar surface area (TPSA) is 37.4 Å². The Hall–Kier alpha value is -1.90. The first-order valence-corrected chi connectivity index (χ1v) is 5.10. The Bertz CT molecular complexity index is 488. The van der Waals surface area contributed by atoms with E-state index in [0.717, 1.165) is 0 Å². The lowest BCUT2D eigenvalue weighted by atomic mass is 9.97. The molecule has 1 aromatic rings. The predicted molar refractivity (Wildman–Crippen MR) is 62.5 cm³/mol. The number of fused-ring (bicyclic) bond motifs is 1. The van der Waals surface area contributed by atoms with Crippen LogP contribution in [0.15, 0.2) is 36.9 Å². The van der Waals surface area contributed by atoms with Crippen LogP contribution in [0.3, 0.4) is 0 Å². The summed E-state index contributed by atoms with van der Waals surface area (Å²) >= 11 is 0. The first-order chi connectivity index (χ1) is 7.50. The fourth-order valence-corrected chi connectivity index (χ4v) is 2.08. The Morgan fingerprint density at radius 2 is 2.00 bits per heavy atom. The number of anilines is 1. The average Bonchev–Trinajstić information content (AvgIpc) is 2.47. The van der Waals surface area contributed by atoms with Gasteiger partial charge in [0.05, 0.1) is 5.69 Å². The Balaban J connectivity index is 2.65. The summed E-state index contributed by atoms with van der Waals surface area (Å²) in [7, 11) is 0. The molecule has 0 radical (unpaired) electrons. The molecule has 0 aliphatic carbocycles. The first-order valence-electron chi connectivity index (χ1n) is 5.10. The Morgan fingerprint density at radius 1 is 1.38 bits per heavy atom. The van der Waals surface area contributed by atoms with Crippen LogP contribution in [0.5, 0.6) is 0 Å². The monoisotopic (exact) mass is 215 g/mol. The molecule has 0 bridgehead atoms. The van der Waals surface area contributed by atoms with Crippen molar-refractivity contribution < 1.29 is 9.59 Å². The maximum Gasteiger partial charge on any atom is 0.251 e. The molecule has 1 aliphatic rings. The lowest BCUT2D eigenvalue weighted by molar-refractivity contribution is -0.114. The third-order valence-corrected chi connectivity index (χ3v) is 2.90. The maximum atomic E-state index is 12.1. The summed E-state index contributed by atoms with van der Waals surface area (Å²) < 4.78 is 0. The highest BCUT2D eigenvalue weighted by atomic mass is 16.2. The van der Waals surface area contributed by atoms with Crippen LogP contribution in [0.1, 0.15) is 24.2 Å². The summed E-state index contributed by atoms with van der Waals surface area (Å²) in [5.41, 5.74) is 0.444. The fourth-order valence-electron chi connectivity index (χ4n) is 2.08. The van der Waals surface area contributed by atoms with Crippen LogP contribution in [-0.4, -0.2) is 17.2 Å². The van der Waals surface area contributed by atoms with E-state index >= 15 is 0 Å². The molecule has 0 spiro atoms. The van der Waals surface area contributed by atoms with Gasteiger partial charge < -0.3 is 0 Å². The molecule has 0 aromatic heterocycles. The van der Waals surface area contributed by atoms with Gasteiger partial charge >= 0.3 is 0 Å². The molecule has 0 N–H and O–H groups in total. The van der Waals surface area contributed by atoms with E-state index in [9.17, 15) is 9.59 Å². The lowest BCUT2D eigenvalue weighted by Crippen LogP contribution is -2.47. The maximum absolute atomic E-state index is 12.1. The van der Waals surface area contributed by atoms with Gasteiger partial charge in [-0.25, -0.2) is 0 Å². The van der Waals surface area contributed by atoms with Crippen molar-refractivity contribution in [1.29, 1.82) is 0 Å². The molecule has 16 heavy (non-hydrogen) atoms. The predicted octanol–water partition coefficient (Wildman–Crippen LogP) is 2.18. The van der Waals surface area contributed by atoms with Crippen molar-refractivity contribution in [1.82, 2.24) is 0 Å². The van der Waals surface area contributed by atoms with Gasteiger partial charge in [0.15, 0.2) is 5.78 Å². The van der Waals surface area contributed by atoms with Gasteiger partial charge in [0.1, 0.15) is 5.54 Å². The average molecular weight is 215 g/mol. The van der Waals surface area contributed by atoms with Gasteiger partial charge in [0, 0.05) is 5.56 Å². The molecule has 3 heteroatoms. The zero-order valence-corrected chi connectivity index (χ0v) is 9.36. The van der Waals surface area contributed by atoms with Crippen LogP contribution in [0.4, 0.5) is 5.69 Å². The third-order valence-electron chi connectivity index (χ3n) is 2.90. The van der Waals surface area contributed by atoms with Crippen LogP contribution >= 0.6 is 0 Å². The van der Waals surface area contributed by atoms with E-state index in [4.69, 9.17) is 0 Å². The second-order valence-corrected chi connectivity index (χ2v) is 4.28. The minimum absolute atomic E-state index is 0.0294. The van der Waals surface area contributed by atoms with Gasteiger partial charge in [-0.15, -0.1) is 0 Å². The summed E-state index contributed by atoms with van der Waals surface area (Å²) in [4.78, 5) is 25.4. The Morgan fingerprint density at radius 3 is 2.62 bits per heavy atom. The van der Waals surface area contributed by atoms with Crippen molar-refractivity contribution >= 4 is 17.4 Å². The zero-order valence-electron chi connectivity index (χ0n) is 9.36. The normalized spacial score (nSPS) is 17.1. The molecule has 0 fully saturated rings. The summed E-state index contributed by atoms with van der Waals surface area (Å²) in [6, 6.07) is 7.14. The lowest BCUT2D eigenvalue weighted by Gasteiger charge is -2.29. The van der Waals surface area contributed by atoms with Crippen molar-refractivity contribution in [3.05, 3.63) is 42.5 Å². The summed E-state index contributed by atoms with van der Waals surface area (Å²) in [5.74, 6) is -0.276. The molecule has 82 valence electrons. The number of hydrogen-bond donors (Lipinski definition) is 0. The van der Waals surface area contributed by atoms with Gasteiger partial charge in [0.2, 0.25) is 0 Å². The van der Waals surface area contributed by atoms with E-state index in [2.05, 4.69) is 6.58 Å². The number of nitrogens with zero attached hydrogens (tertiary/aromatic N) is 1. The molecule has 0 saturated heterocycles. The molecule has 0 unspecified atom stereocenters. The van der Waals surface area contributed by atoms with Crippen LogP contribution in [-0.2, 0) is 4.79 Å². The molecular formula is C13H13NO2. The van der Waals surface area contributed by atoms with Crippen LogP contribution in [0.25, 0.3) is 0 Å². The zero-order chi connectivity index (χ0) is 11.9. The number of hydrogen-bond acceptors (Lipinski definition) is 2. The Labute approximate surface area is 94.4 Å². The fraction of sp³-hybridized carbons (Fsp3) is 0.231. The van der Waals surface area contributed by atoms with Crippen molar-refractivity contribution in [3.63, 3.8) is 0 Å². The molecule has 1 aromatic carbocycles. The molecule has 2 rings (SSSR count). The van der Waals surface area contributed by atoms with E-state index in [0.29, 0.717) is 11.3 Å². The number of ketones is 1. The number of carbonyl (C=O) groups excluding carboxylic acids is 2. The quantitative estimate of drug-likeness (QED) is 0.673. The molecular weight excluding hydrogens is 202 g/mol. The highest BCUT2D eigenvalue weighted by Crippen LogP contribution is 2.38. The van der Waals surface area contributed by atoms with Gasteiger partial charge in [-0.1, -0.05) is 18.7 Å². The van der Waals surface area contributed by atoms with E-state index in [1.165, 1.54) is 11.0 Å². The van der Waals surface area contributed by atoms with Crippen LogP contribution in [0.2, 0.25) is 0 Å². The van der Waals surface area contributed by atoms with E-state index in [1.54, 1.807) is 32.0 Å². The number of para-hydroxylation sites is 1. The van der Waals surface area contributed by atoms with Gasteiger partial charge in [-0.2, -0.15) is 0 Å². The number of Topliss-reactive ketones (excluding diaryl/α,β-unsaturated/α-hetero) is 1. The largest absolute Gasteiger partial charge is 0.295 e. The van der Waals surface area contributed by atoms with Crippen LogP contribution < -0.4 is 4.90 Å². The second kappa shape index (κ2) is 3.30. The molecule has 0 saturated carbocycles. The van der Waals surface area contributed by atoms with Crippen molar-refractivity contribution in [2.45, 2.75) is 19.4 Å². The number of carbonyl (C=O) groups is 2. The highest BCUT2D eigenvalue weighted by Gasteiger charge is 2.46. The van der Waals surface area contributed by atoms with Crippen molar-refractivity contribution in [3.8, 4) is 0 Å². The van der Waals surface area contributed by atoms with Crippen molar-refractivity contribution in [2.24, 2.45) is 0 Å². The van der Waals surface area contributed by atoms with E-state index < -0.39 is 5.54 Å². The molecule has 1 heterocycles. The SMILES string of the molecule is C=CC(=O)N1c2ccccc2C(=O)C1(C)C. The smallest absolute Gasteiger partial charge is 0.251 e. The summed E-state index contributed by atoms with van der Waals surface area (Å²) in [6.45, 7) is 6.96. The van der Waals surface area contributed by atoms with Gasteiger partial charge in [0.25, 0.3) is 5.91 Å². The summed E-state index contributed by atoms with van der Waals surface area (Å²) in [5, 5.41) is 0.